The lowest BCUT2D eigenvalue weighted by Gasteiger charge is -2.15. The maximum absolute atomic E-state index is 11.4. The summed E-state index contributed by atoms with van der Waals surface area (Å²) in [4.78, 5) is 4.05. The number of rotatable bonds is 1. The first-order chi connectivity index (χ1) is 7.66. The highest BCUT2D eigenvalue weighted by Gasteiger charge is 2.00. The minimum atomic E-state index is -0.398. The summed E-state index contributed by atoms with van der Waals surface area (Å²) >= 11 is 0. The van der Waals surface area contributed by atoms with Crippen molar-refractivity contribution in [3.8, 4) is 5.75 Å². The summed E-state index contributed by atoms with van der Waals surface area (Å²) in [6.45, 7) is 0. The Kier molecular flexibility index (Phi) is 2.55. The van der Waals surface area contributed by atoms with Crippen molar-refractivity contribution < 1.29 is 10.2 Å². The molecule has 0 aliphatic heterocycles. The van der Waals surface area contributed by atoms with Crippen LogP contribution < -0.4 is 10.2 Å². The molecule has 1 N–H and O–H groups in total. The highest BCUT2D eigenvalue weighted by atomic mass is 16.3. The van der Waals surface area contributed by atoms with E-state index in [-0.39, 0.29) is 11.5 Å². The van der Waals surface area contributed by atoms with Crippen LogP contribution in [-0.4, -0.2) is 11.4 Å². The number of benzene rings is 1. The summed E-state index contributed by atoms with van der Waals surface area (Å²) in [5.74, 6) is -0.588. The largest absolute Gasteiger partial charge is 0.871 e. The van der Waals surface area contributed by atoms with E-state index in [9.17, 15) is 10.2 Å². The lowest BCUT2D eigenvalue weighted by atomic mass is 10.1. The molecule has 2 rings (SSSR count). The Morgan fingerprint density at radius 1 is 1.06 bits per heavy atom. The van der Waals surface area contributed by atoms with Crippen LogP contribution in [0.1, 0.15) is 0 Å². The van der Waals surface area contributed by atoms with Gasteiger partial charge in [-0.05, 0) is 24.3 Å². The quantitative estimate of drug-likeness (QED) is 0.694. The van der Waals surface area contributed by atoms with Gasteiger partial charge in [-0.3, -0.25) is 0 Å². The number of aliphatic imine (C=N–C) groups is 1. The fourth-order valence-electron chi connectivity index (χ4n) is 1.27. The highest BCUT2D eigenvalue weighted by Crippen LogP contribution is 2.23. The Bertz CT molecular complexity index is 528. The second-order valence-electron chi connectivity index (χ2n) is 3.26. The van der Waals surface area contributed by atoms with Gasteiger partial charge in [0.15, 0.2) is 0 Å². The molecule has 16 heavy (non-hydrogen) atoms. The van der Waals surface area contributed by atoms with E-state index in [4.69, 9.17) is 5.41 Å². The third-order valence-electron chi connectivity index (χ3n) is 2.08. The molecule has 0 unspecified atom stereocenters. The topological polar surface area (TPSA) is 82.3 Å². The standard InChI is InChI=1S/C12H10N2O2/c13-9-6-5-8(7-12(9)16)14-10-3-1-2-4-11(10)15/h1-7,13,15-16H/p-2. The first-order valence-corrected chi connectivity index (χ1v) is 4.67. The van der Waals surface area contributed by atoms with Gasteiger partial charge in [-0.2, -0.15) is 0 Å². The Morgan fingerprint density at radius 3 is 2.50 bits per heavy atom. The molecule has 0 aromatic heterocycles. The van der Waals surface area contributed by atoms with E-state index in [0.29, 0.717) is 11.4 Å². The predicted octanol–water partition coefficient (Wildman–Crippen LogP) is 0.666. The normalized spacial score (nSPS) is 17.6. The molecule has 0 fully saturated rings. The number of hydrogen-bond acceptors (Lipinski definition) is 4. The van der Waals surface area contributed by atoms with E-state index < -0.39 is 5.76 Å². The van der Waals surface area contributed by atoms with Crippen molar-refractivity contribution in [2.75, 3.05) is 0 Å². The smallest absolute Gasteiger partial charge is 0.0632 e. The van der Waals surface area contributed by atoms with Crippen molar-refractivity contribution in [1.29, 1.82) is 5.41 Å². The Labute approximate surface area is 92.4 Å². The number of nitrogens with zero attached hydrogens (tertiary/aromatic N) is 1. The van der Waals surface area contributed by atoms with Gasteiger partial charge in [0.25, 0.3) is 0 Å². The summed E-state index contributed by atoms with van der Waals surface area (Å²) in [5, 5.41) is 29.8. The first-order valence-electron chi connectivity index (χ1n) is 4.67. The van der Waals surface area contributed by atoms with Crippen LogP contribution in [0.5, 0.6) is 5.75 Å². The maximum Gasteiger partial charge on any atom is 0.0632 e. The van der Waals surface area contributed by atoms with E-state index in [2.05, 4.69) is 4.99 Å². The van der Waals surface area contributed by atoms with Gasteiger partial charge in [0, 0.05) is 5.71 Å². The van der Waals surface area contributed by atoms with Crippen LogP contribution in [0.15, 0.2) is 53.2 Å². The summed E-state index contributed by atoms with van der Waals surface area (Å²) < 4.78 is 0. The van der Waals surface area contributed by atoms with E-state index in [1.807, 2.05) is 0 Å². The second-order valence-corrected chi connectivity index (χ2v) is 3.26. The zero-order valence-electron chi connectivity index (χ0n) is 8.31. The van der Waals surface area contributed by atoms with E-state index in [1.165, 1.54) is 24.3 Å². The van der Waals surface area contributed by atoms with Gasteiger partial charge in [-0.1, -0.05) is 29.7 Å². The molecule has 1 aliphatic carbocycles. The molecule has 0 atom stereocenters. The van der Waals surface area contributed by atoms with Crippen molar-refractivity contribution >= 4 is 17.1 Å². The molecule has 0 heterocycles. The van der Waals surface area contributed by atoms with Gasteiger partial charge >= 0.3 is 0 Å². The number of para-hydroxylation sites is 2. The van der Waals surface area contributed by atoms with Crippen LogP contribution in [0.25, 0.3) is 0 Å². The molecule has 80 valence electrons. The van der Waals surface area contributed by atoms with Crippen LogP contribution in [-0.2, 0) is 0 Å². The Hall–Kier alpha value is -2.36. The fourth-order valence-corrected chi connectivity index (χ4v) is 1.27. The fraction of sp³-hybridized carbons (Fsp3) is 0. The van der Waals surface area contributed by atoms with Gasteiger partial charge in [0.05, 0.1) is 11.4 Å². The van der Waals surface area contributed by atoms with Gasteiger partial charge in [-0.15, -0.1) is 0 Å². The predicted molar refractivity (Wildman–Crippen MR) is 57.9 cm³/mol. The number of nitrogens with one attached hydrogen (secondary N) is 1. The van der Waals surface area contributed by atoms with Crippen molar-refractivity contribution in [1.82, 2.24) is 0 Å². The first kappa shape index (κ1) is 10.2. The molecule has 0 saturated heterocycles. The van der Waals surface area contributed by atoms with Crippen molar-refractivity contribution in [2.45, 2.75) is 0 Å². The van der Waals surface area contributed by atoms with Crippen molar-refractivity contribution in [2.24, 2.45) is 4.99 Å². The highest BCUT2D eigenvalue weighted by molar-refractivity contribution is 6.19. The SMILES string of the molecule is N=C1C=CC(=Nc2ccccc2[O-])C=C1[O-]. The Balaban J connectivity index is 2.37. The van der Waals surface area contributed by atoms with Gasteiger partial charge in [0.1, 0.15) is 0 Å². The molecule has 0 radical (unpaired) electrons. The molecular weight excluding hydrogens is 204 g/mol. The van der Waals surface area contributed by atoms with Gasteiger partial charge in [-0.25, -0.2) is 4.99 Å². The summed E-state index contributed by atoms with van der Waals surface area (Å²) in [6.07, 6.45) is 4.15. The lowest BCUT2D eigenvalue weighted by molar-refractivity contribution is -0.289. The zero-order valence-corrected chi connectivity index (χ0v) is 8.31. The third kappa shape index (κ3) is 2.00. The summed E-state index contributed by atoms with van der Waals surface area (Å²) in [6, 6.07) is 6.34. The number of allylic oxidation sites excluding steroid dienone is 3. The van der Waals surface area contributed by atoms with E-state index in [0.717, 1.165) is 0 Å². The summed E-state index contributed by atoms with van der Waals surface area (Å²) in [5.41, 5.74) is 0.610. The molecule has 0 saturated carbocycles. The monoisotopic (exact) mass is 212 g/mol. The molecule has 1 aromatic carbocycles. The van der Waals surface area contributed by atoms with Crippen LogP contribution in [0.3, 0.4) is 0 Å². The van der Waals surface area contributed by atoms with E-state index in [1.54, 1.807) is 18.2 Å². The lowest BCUT2D eigenvalue weighted by Crippen LogP contribution is -2.17. The summed E-state index contributed by atoms with van der Waals surface area (Å²) in [7, 11) is 0. The molecule has 0 amide bonds. The van der Waals surface area contributed by atoms with E-state index >= 15 is 0 Å². The van der Waals surface area contributed by atoms with Crippen molar-refractivity contribution in [3.63, 3.8) is 0 Å². The zero-order chi connectivity index (χ0) is 11.5. The average Bonchev–Trinajstić information content (AvgIpc) is 2.27. The van der Waals surface area contributed by atoms with Crippen molar-refractivity contribution in [3.05, 3.63) is 48.3 Å². The molecule has 0 spiro atoms. The third-order valence-corrected chi connectivity index (χ3v) is 2.08. The van der Waals surface area contributed by atoms with Crippen LogP contribution in [0.2, 0.25) is 0 Å². The Morgan fingerprint density at radius 2 is 1.81 bits per heavy atom. The molecule has 4 nitrogen and oxygen atoms in total. The molecule has 1 aliphatic rings. The number of hydrogen-bond donors (Lipinski definition) is 1. The second kappa shape index (κ2) is 4.02. The maximum atomic E-state index is 11.4. The minimum Gasteiger partial charge on any atom is -0.871 e. The molecule has 4 heteroatoms. The van der Waals surface area contributed by atoms with Crippen LogP contribution in [0.4, 0.5) is 5.69 Å². The van der Waals surface area contributed by atoms with Gasteiger partial charge < -0.3 is 15.6 Å². The molecular formula is C12H8N2O2-2. The average molecular weight is 212 g/mol. The van der Waals surface area contributed by atoms with Crippen LogP contribution >= 0.6 is 0 Å². The minimum absolute atomic E-state index is 0.0747. The van der Waals surface area contributed by atoms with Crippen LogP contribution in [0, 0.1) is 5.41 Å². The van der Waals surface area contributed by atoms with Gasteiger partial charge in [0.2, 0.25) is 0 Å². The molecule has 0 bridgehead atoms. The molecule has 1 aromatic rings.